The largest absolute Gasteiger partial charge is 0.403 e. The maximum atomic E-state index is 12.5. The summed E-state index contributed by atoms with van der Waals surface area (Å²) in [6.07, 6.45) is -1.15. The molecule has 18 heavy (non-hydrogen) atoms. The number of nitrogens with one attached hydrogen (secondary N) is 2. The van der Waals surface area contributed by atoms with Gasteiger partial charge >= 0.3 is 6.18 Å². The lowest BCUT2D eigenvalue weighted by Gasteiger charge is -2.39. The molecule has 6 heteroatoms. The van der Waals surface area contributed by atoms with Crippen molar-refractivity contribution >= 4 is 0 Å². The Hall–Kier alpha value is -0.330. The molecule has 3 nitrogen and oxygen atoms in total. The van der Waals surface area contributed by atoms with Crippen molar-refractivity contribution in [3.63, 3.8) is 0 Å². The molecular formula is C12H22F3N3. The third kappa shape index (κ3) is 3.36. The van der Waals surface area contributed by atoms with Crippen molar-refractivity contribution in [2.75, 3.05) is 19.6 Å². The van der Waals surface area contributed by atoms with E-state index in [9.17, 15) is 13.2 Å². The normalized spacial score (nSPS) is 38.7. The van der Waals surface area contributed by atoms with Gasteiger partial charge in [-0.05, 0) is 50.6 Å². The zero-order chi connectivity index (χ0) is 13.2. The van der Waals surface area contributed by atoms with Crippen molar-refractivity contribution < 1.29 is 13.2 Å². The second-order valence-electron chi connectivity index (χ2n) is 5.51. The monoisotopic (exact) mass is 265 g/mol. The van der Waals surface area contributed by atoms with Gasteiger partial charge in [-0.25, -0.2) is 0 Å². The van der Waals surface area contributed by atoms with Crippen LogP contribution in [0.3, 0.4) is 0 Å². The van der Waals surface area contributed by atoms with E-state index in [0.29, 0.717) is 37.4 Å². The Balaban J connectivity index is 1.82. The van der Waals surface area contributed by atoms with Crippen LogP contribution in [0, 0.1) is 11.8 Å². The summed E-state index contributed by atoms with van der Waals surface area (Å²) in [5, 5.41) is 6.01. The molecule has 0 bridgehead atoms. The highest BCUT2D eigenvalue weighted by molar-refractivity contribution is 4.89. The van der Waals surface area contributed by atoms with Gasteiger partial charge in [-0.2, -0.15) is 13.2 Å². The summed E-state index contributed by atoms with van der Waals surface area (Å²) in [5.74, 6) is 0.890. The first-order chi connectivity index (χ1) is 8.50. The van der Waals surface area contributed by atoms with Crippen LogP contribution in [0.15, 0.2) is 0 Å². The Bertz CT molecular complexity index is 262. The highest BCUT2D eigenvalue weighted by atomic mass is 19.4. The van der Waals surface area contributed by atoms with Crippen LogP contribution in [0.2, 0.25) is 0 Å². The Morgan fingerprint density at radius 1 is 1.06 bits per heavy atom. The van der Waals surface area contributed by atoms with E-state index in [1.54, 1.807) is 0 Å². The van der Waals surface area contributed by atoms with Gasteiger partial charge in [-0.1, -0.05) is 0 Å². The van der Waals surface area contributed by atoms with Gasteiger partial charge in [-0.15, -0.1) is 0 Å². The lowest BCUT2D eigenvalue weighted by Crippen LogP contribution is -2.51. The summed E-state index contributed by atoms with van der Waals surface area (Å²) in [7, 11) is 0. The number of hydrogen-bond acceptors (Lipinski definition) is 3. The van der Waals surface area contributed by atoms with Crippen LogP contribution in [0.25, 0.3) is 0 Å². The minimum Gasteiger partial charge on any atom is -0.329 e. The van der Waals surface area contributed by atoms with E-state index in [-0.39, 0.29) is 6.42 Å². The molecule has 4 unspecified atom stereocenters. The molecule has 0 aromatic heterocycles. The number of hydrogen-bond donors (Lipinski definition) is 3. The second kappa shape index (κ2) is 5.75. The molecule has 0 radical (unpaired) electrons. The molecule has 4 N–H and O–H groups in total. The van der Waals surface area contributed by atoms with Gasteiger partial charge in [0.2, 0.25) is 0 Å². The number of rotatable bonds is 2. The van der Waals surface area contributed by atoms with E-state index < -0.39 is 12.2 Å². The minimum atomic E-state index is -4.10. The zero-order valence-electron chi connectivity index (χ0n) is 10.5. The summed E-state index contributed by atoms with van der Waals surface area (Å²) in [4.78, 5) is 0. The molecule has 4 atom stereocenters. The van der Waals surface area contributed by atoms with E-state index in [1.807, 2.05) is 0 Å². The fourth-order valence-corrected chi connectivity index (χ4v) is 3.21. The molecule has 2 rings (SSSR count). The van der Waals surface area contributed by atoms with Crippen molar-refractivity contribution in [3.8, 4) is 0 Å². The first-order valence-electron chi connectivity index (χ1n) is 6.74. The molecule has 0 amide bonds. The maximum absolute atomic E-state index is 12.5. The summed E-state index contributed by atoms with van der Waals surface area (Å²) in [5.41, 5.74) is 5.65. The van der Waals surface area contributed by atoms with Crippen LogP contribution in [-0.2, 0) is 0 Å². The molecule has 2 heterocycles. The summed E-state index contributed by atoms with van der Waals surface area (Å²) < 4.78 is 37.6. The van der Waals surface area contributed by atoms with Gasteiger partial charge in [0.25, 0.3) is 0 Å². The third-order valence-electron chi connectivity index (χ3n) is 4.33. The van der Waals surface area contributed by atoms with E-state index >= 15 is 0 Å². The van der Waals surface area contributed by atoms with Crippen LogP contribution in [0.1, 0.15) is 25.7 Å². The third-order valence-corrected chi connectivity index (χ3v) is 4.33. The lowest BCUT2D eigenvalue weighted by molar-refractivity contribution is -0.163. The van der Waals surface area contributed by atoms with Crippen LogP contribution in [0.5, 0.6) is 0 Å². The molecule has 0 saturated carbocycles. The second-order valence-corrected chi connectivity index (χ2v) is 5.51. The molecule has 2 saturated heterocycles. The molecule has 0 aromatic carbocycles. The first kappa shape index (κ1) is 14.1. The Labute approximate surface area is 106 Å². The Kier molecular flexibility index (Phi) is 4.50. The quantitative estimate of drug-likeness (QED) is 0.704. The van der Waals surface area contributed by atoms with Crippen molar-refractivity contribution in [3.05, 3.63) is 0 Å². The SMILES string of the molecule is NCC1CC(C2CCC(C(F)(F)F)NC2)CCN1. The van der Waals surface area contributed by atoms with Gasteiger partial charge < -0.3 is 16.4 Å². The van der Waals surface area contributed by atoms with E-state index in [1.165, 1.54) is 0 Å². The van der Waals surface area contributed by atoms with Crippen LogP contribution in [-0.4, -0.2) is 37.9 Å². The highest BCUT2D eigenvalue weighted by Gasteiger charge is 2.42. The van der Waals surface area contributed by atoms with E-state index in [2.05, 4.69) is 10.6 Å². The average Bonchev–Trinajstić information content (AvgIpc) is 2.38. The summed E-state index contributed by atoms with van der Waals surface area (Å²) in [6, 6.07) is -0.968. The number of alkyl halides is 3. The molecule has 0 aromatic rings. The highest BCUT2D eigenvalue weighted by Crippen LogP contribution is 2.34. The number of halogens is 3. The molecule has 2 aliphatic rings. The molecule has 0 aliphatic carbocycles. The van der Waals surface area contributed by atoms with Crippen molar-refractivity contribution in [1.29, 1.82) is 0 Å². The van der Waals surface area contributed by atoms with Gasteiger partial charge in [0.05, 0.1) is 0 Å². The fourth-order valence-electron chi connectivity index (χ4n) is 3.21. The topological polar surface area (TPSA) is 50.1 Å². The number of piperidine rings is 2. The first-order valence-corrected chi connectivity index (χ1v) is 6.74. The molecular weight excluding hydrogens is 243 g/mol. The summed E-state index contributed by atoms with van der Waals surface area (Å²) >= 11 is 0. The molecule has 2 fully saturated rings. The fraction of sp³-hybridized carbons (Fsp3) is 1.00. The lowest BCUT2D eigenvalue weighted by atomic mass is 9.77. The average molecular weight is 265 g/mol. The van der Waals surface area contributed by atoms with E-state index in [4.69, 9.17) is 5.73 Å². The number of nitrogens with two attached hydrogens (primary N) is 1. The summed E-state index contributed by atoms with van der Waals surface area (Å²) in [6.45, 7) is 2.04. The van der Waals surface area contributed by atoms with Gasteiger partial charge in [0.1, 0.15) is 6.04 Å². The standard InChI is InChI=1S/C12H22F3N3/c13-12(14,15)11-2-1-9(7-18-11)8-3-4-17-10(5-8)6-16/h8-11,17-18H,1-7,16H2. The maximum Gasteiger partial charge on any atom is 0.403 e. The van der Waals surface area contributed by atoms with Crippen molar-refractivity contribution in [1.82, 2.24) is 10.6 Å². The van der Waals surface area contributed by atoms with Crippen LogP contribution < -0.4 is 16.4 Å². The van der Waals surface area contributed by atoms with Crippen molar-refractivity contribution in [2.45, 2.75) is 43.9 Å². The smallest absolute Gasteiger partial charge is 0.329 e. The molecule has 2 aliphatic heterocycles. The molecule has 0 spiro atoms. The predicted octanol–water partition coefficient (Wildman–Crippen LogP) is 1.24. The van der Waals surface area contributed by atoms with Crippen LogP contribution >= 0.6 is 0 Å². The Morgan fingerprint density at radius 3 is 2.39 bits per heavy atom. The zero-order valence-corrected chi connectivity index (χ0v) is 10.5. The van der Waals surface area contributed by atoms with Crippen LogP contribution in [0.4, 0.5) is 13.2 Å². The molecule has 106 valence electrons. The van der Waals surface area contributed by atoms with E-state index in [0.717, 1.165) is 19.4 Å². The van der Waals surface area contributed by atoms with Gasteiger partial charge in [0, 0.05) is 12.6 Å². The van der Waals surface area contributed by atoms with Crippen molar-refractivity contribution in [2.24, 2.45) is 17.6 Å². The van der Waals surface area contributed by atoms with Gasteiger partial charge in [-0.3, -0.25) is 0 Å². The Morgan fingerprint density at radius 2 is 1.83 bits per heavy atom. The van der Waals surface area contributed by atoms with Gasteiger partial charge in [0.15, 0.2) is 0 Å². The predicted molar refractivity (Wildman–Crippen MR) is 64.1 cm³/mol. The minimum absolute atomic E-state index is 0.214.